The second-order valence-corrected chi connectivity index (χ2v) is 8.03. The van der Waals surface area contributed by atoms with E-state index in [1.54, 1.807) is 23.9 Å². The summed E-state index contributed by atoms with van der Waals surface area (Å²) in [5.41, 5.74) is 6.42. The van der Waals surface area contributed by atoms with Crippen molar-refractivity contribution in [2.75, 3.05) is 33.7 Å². The molecule has 7 nitrogen and oxygen atoms in total. The zero-order valence-corrected chi connectivity index (χ0v) is 15.5. The lowest BCUT2D eigenvalue weighted by molar-refractivity contribution is -0.137. The van der Waals surface area contributed by atoms with Gasteiger partial charge >= 0.3 is 6.03 Å². The van der Waals surface area contributed by atoms with Gasteiger partial charge in [-0.2, -0.15) is 0 Å². The van der Waals surface area contributed by atoms with Crippen molar-refractivity contribution in [3.8, 4) is 0 Å². The first-order valence-electron chi connectivity index (χ1n) is 8.53. The van der Waals surface area contributed by atoms with Crippen LogP contribution in [-0.4, -0.2) is 66.3 Å². The SMILES string of the molecule is CN(C)C(=O)c1cc2c(s1)CCN(C(=O)C1CCCN(C(N)=O)C1)C2. The third kappa shape index (κ3) is 3.63. The van der Waals surface area contributed by atoms with E-state index in [9.17, 15) is 14.4 Å². The highest BCUT2D eigenvalue weighted by Gasteiger charge is 2.32. The van der Waals surface area contributed by atoms with Crippen molar-refractivity contribution in [1.29, 1.82) is 0 Å². The van der Waals surface area contributed by atoms with Gasteiger partial charge in [0.1, 0.15) is 0 Å². The molecule has 0 aromatic carbocycles. The van der Waals surface area contributed by atoms with Gasteiger partial charge in [-0.25, -0.2) is 4.79 Å². The number of amides is 4. The van der Waals surface area contributed by atoms with Gasteiger partial charge in [0.05, 0.1) is 10.8 Å². The van der Waals surface area contributed by atoms with Gasteiger partial charge in [-0.05, 0) is 30.9 Å². The van der Waals surface area contributed by atoms with Crippen molar-refractivity contribution in [3.05, 3.63) is 21.4 Å². The number of hydrogen-bond acceptors (Lipinski definition) is 4. The zero-order valence-electron chi connectivity index (χ0n) is 14.7. The third-order valence-electron chi connectivity index (χ3n) is 4.88. The number of fused-ring (bicyclic) bond motifs is 1. The van der Waals surface area contributed by atoms with Crippen LogP contribution in [-0.2, 0) is 17.8 Å². The molecule has 0 bridgehead atoms. The minimum Gasteiger partial charge on any atom is -0.351 e. The molecule has 0 radical (unpaired) electrons. The summed E-state index contributed by atoms with van der Waals surface area (Å²) in [6.45, 7) is 2.24. The molecule has 2 N–H and O–H groups in total. The summed E-state index contributed by atoms with van der Waals surface area (Å²) in [4.78, 5) is 43.3. The molecule has 1 aromatic rings. The third-order valence-corrected chi connectivity index (χ3v) is 6.10. The predicted octanol–water partition coefficient (Wildman–Crippen LogP) is 1.13. The fraction of sp³-hybridized carbons (Fsp3) is 0.588. The van der Waals surface area contributed by atoms with E-state index < -0.39 is 6.03 Å². The minimum atomic E-state index is -0.455. The van der Waals surface area contributed by atoms with Gasteiger partial charge in [0.2, 0.25) is 5.91 Å². The van der Waals surface area contributed by atoms with E-state index >= 15 is 0 Å². The molecule has 2 aliphatic rings. The lowest BCUT2D eigenvalue weighted by Crippen LogP contribution is -2.49. The van der Waals surface area contributed by atoms with Crippen molar-refractivity contribution < 1.29 is 14.4 Å². The monoisotopic (exact) mass is 364 g/mol. The standard InChI is InChI=1S/C17H24N4O3S/c1-19(2)16(23)14-8-12-10-20(7-5-13(12)25-14)15(22)11-4-3-6-21(9-11)17(18)24/h8,11H,3-7,9-10H2,1-2H3,(H2,18,24). The Kier molecular flexibility index (Phi) is 4.99. The average Bonchev–Trinajstić information content (AvgIpc) is 3.03. The molecule has 3 rings (SSSR count). The highest BCUT2D eigenvalue weighted by atomic mass is 32.1. The van der Waals surface area contributed by atoms with Gasteiger partial charge < -0.3 is 20.4 Å². The molecule has 1 saturated heterocycles. The summed E-state index contributed by atoms with van der Waals surface area (Å²) in [6, 6.07) is 1.46. The summed E-state index contributed by atoms with van der Waals surface area (Å²) in [7, 11) is 3.48. The molecule has 1 atom stereocenters. The maximum atomic E-state index is 12.9. The van der Waals surface area contributed by atoms with Crippen molar-refractivity contribution in [2.45, 2.75) is 25.8 Å². The van der Waals surface area contributed by atoms with E-state index in [4.69, 9.17) is 5.73 Å². The van der Waals surface area contributed by atoms with Crippen molar-refractivity contribution in [2.24, 2.45) is 11.7 Å². The van der Waals surface area contributed by atoms with Crippen LogP contribution in [0.2, 0.25) is 0 Å². The Morgan fingerprint density at radius 2 is 2.00 bits per heavy atom. The molecule has 1 fully saturated rings. The van der Waals surface area contributed by atoms with E-state index in [1.807, 2.05) is 11.0 Å². The second kappa shape index (κ2) is 7.03. The molecule has 3 heterocycles. The number of carbonyl (C=O) groups excluding carboxylic acids is 3. The van der Waals surface area contributed by atoms with Crippen LogP contribution in [0, 0.1) is 5.92 Å². The summed E-state index contributed by atoms with van der Waals surface area (Å²) >= 11 is 1.53. The van der Waals surface area contributed by atoms with Crippen LogP contribution >= 0.6 is 11.3 Å². The molecule has 2 aliphatic heterocycles. The smallest absolute Gasteiger partial charge is 0.314 e. The number of hydrogen-bond donors (Lipinski definition) is 1. The number of piperidine rings is 1. The molecule has 136 valence electrons. The molecule has 0 spiro atoms. The predicted molar refractivity (Wildman–Crippen MR) is 95.3 cm³/mol. The van der Waals surface area contributed by atoms with E-state index in [1.165, 1.54) is 16.2 Å². The van der Waals surface area contributed by atoms with Gasteiger partial charge in [0.15, 0.2) is 0 Å². The number of urea groups is 1. The number of nitrogens with two attached hydrogens (primary N) is 1. The lowest BCUT2D eigenvalue weighted by atomic mass is 9.95. The van der Waals surface area contributed by atoms with Crippen LogP contribution in [0.3, 0.4) is 0 Å². The number of primary amides is 1. The summed E-state index contributed by atoms with van der Waals surface area (Å²) in [5.74, 6) is -0.0887. The van der Waals surface area contributed by atoms with Crippen molar-refractivity contribution in [1.82, 2.24) is 14.7 Å². The average molecular weight is 364 g/mol. The minimum absolute atomic E-state index is 0.00153. The van der Waals surface area contributed by atoms with Gasteiger partial charge in [0.25, 0.3) is 5.91 Å². The van der Waals surface area contributed by atoms with Crippen LogP contribution < -0.4 is 5.73 Å². The van der Waals surface area contributed by atoms with Crippen LogP contribution in [0.1, 0.15) is 33.0 Å². The Morgan fingerprint density at radius 3 is 2.68 bits per heavy atom. The number of nitrogens with zero attached hydrogens (tertiary/aromatic N) is 3. The maximum Gasteiger partial charge on any atom is 0.314 e. The van der Waals surface area contributed by atoms with E-state index in [2.05, 4.69) is 0 Å². The quantitative estimate of drug-likeness (QED) is 0.853. The molecule has 4 amide bonds. The van der Waals surface area contributed by atoms with Crippen molar-refractivity contribution in [3.63, 3.8) is 0 Å². The topological polar surface area (TPSA) is 87.0 Å². The molecule has 25 heavy (non-hydrogen) atoms. The summed E-state index contributed by atoms with van der Waals surface area (Å²) in [6.07, 6.45) is 2.37. The first kappa shape index (κ1) is 17.7. The van der Waals surface area contributed by atoms with E-state index in [0.29, 0.717) is 26.2 Å². The van der Waals surface area contributed by atoms with E-state index in [-0.39, 0.29) is 17.7 Å². The Morgan fingerprint density at radius 1 is 1.24 bits per heavy atom. The van der Waals surface area contributed by atoms with Crippen LogP contribution in [0.4, 0.5) is 4.79 Å². The second-order valence-electron chi connectivity index (χ2n) is 6.89. The lowest BCUT2D eigenvalue weighted by Gasteiger charge is -2.35. The zero-order chi connectivity index (χ0) is 18.1. The maximum absolute atomic E-state index is 12.9. The van der Waals surface area contributed by atoms with Crippen LogP contribution in [0.5, 0.6) is 0 Å². The Hall–Kier alpha value is -2.09. The van der Waals surface area contributed by atoms with Crippen molar-refractivity contribution >= 4 is 29.2 Å². The van der Waals surface area contributed by atoms with Gasteiger partial charge in [-0.1, -0.05) is 0 Å². The fourth-order valence-electron chi connectivity index (χ4n) is 3.48. The Bertz CT molecular complexity index is 700. The Labute approximate surface area is 151 Å². The highest BCUT2D eigenvalue weighted by Crippen LogP contribution is 2.30. The molecule has 1 aromatic heterocycles. The fourth-order valence-corrected chi connectivity index (χ4v) is 4.67. The van der Waals surface area contributed by atoms with E-state index in [0.717, 1.165) is 29.7 Å². The van der Waals surface area contributed by atoms with Gasteiger partial charge in [-0.15, -0.1) is 11.3 Å². The number of carbonyl (C=O) groups is 3. The molecule has 0 aliphatic carbocycles. The number of thiophene rings is 1. The first-order chi connectivity index (χ1) is 11.9. The van der Waals surface area contributed by atoms with Gasteiger partial charge in [0, 0.05) is 45.2 Å². The number of rotatable bonds is 2. The highest BCUT2D eigenvalue weighted by molar-refractivity contribution is 7.14. The summed E-state index contributed by atoms with van der Waals surface area (Å²) in [5, 5.41) is 0. The van der Waals surface area contributed by atoms with Gasteiger partial charge in [-0.3, -0.25) is 9.59 Å². The largest absolute Gasteiger partial charge is 0.351 e. The first-order valence-corrected chi connectivity index (χ1v) is 9.35. The molecule has 1 unspecified atom stereocenters. The normalized spacial score (nSPS) is 20.2. The summed E-state index contributed by atoms with van der Waals surface area (Å²) < 4.78 is 0. The molecule has 8 heteroatoms. The Balaban J connectivity index is 1.69. The van der Waals surface area contributed by atoms with Crippen LogP contribution in [0.25, 0.3) is 0 Å². The molecular formula is C17H24N4O3S. The molecular weight excluding hydrogens is 340 g/mol. The molecule has 0 saturated carbocycles. The van der Waals surface area contributed by atoms with Crippen LogP contribution in [0.15, 0.2) is 6.07 Å². The number of likely N-dealkylation sites (tertiary alicyclic amines) is 1.